The molecule has 1 aromatic carbocycles. The monoisotopic (exact) mass is 293 g/mol. The lowest BCUT2D eigenvalue weighted by Gasteiger charge is -2.20. The summed E-state index contributed by atoms with van der Waals surface area (Å²) in [7, 11) is 0.889. The number of anilines is 1. The Labute approximate surface area is 111 Å². The minimum Gasteiger partial charge on any atom is -0.396 e. The Morgan fingerprint density at radius 1 is 1.11 bits per heavy atom. The van der Waals surface area contributed by atoms with Crippen molar-refractivity contribution in [1.29, 1.82) is 0 Å². The highest BCUT2D eigenvalue weighted by Gasteiger charge is 2.25. The smallest absolute Gasteiger partial charge is 0.245 e. The van der Waals surface area contributed by atoms with Crippen LogP contribution in [0.25, 0.3) is 0 Å². The summed E-state index contributed by atoms with van der Waals surface area (Å²) in [5.41, 5.74) is 4.87. The van der Waals surface area contributed by atoms with Crippen molar-refractivity contribution < 1.29 is 17.2 Å². The highest BCUT2D eigenvalue weighted by molar-refractivity contribution is 7.89. The van der Waals surface area contributed by atoms with Crippen molar-refractivity contribution >= 4 is 15.7 Å². The standard InChI is InChI=1S/C11H17F2N3O2S/c1-15(2)4-5-16(3)19(17,18)11-7-10(14)8(12)6-9(11)13/h6-7H,4-5,14H2,1-3H3. The summed E-state index contributed by atoms with van der Waals surface area (Å²) < 4.78 is 51.8. The van der Waals surface area contributed by atoms with Gasteiger partial charge < -0.3 is 10.6 Å². The van der Waals surface area contributed by atoms with E-state index in [1.807, 2.05) is 0 Å². The zero-order chi connectivity index (χ0) is 14.8. The Kier molecular flexibility index (Phi) is 4.83. The first-order valence-corrected chi connectivity index (χ1v) is 6.96. The van der Waals surface area contributed by atoms with Crippen molar-refractivity contribution in [3.8, 4) is 0 Å². The number of hydrogen-bond acceptors (Lipinski definition) is 4. The molecule has 0 aliphatic rings. The van der Waals surface area contributed by atoms with Gasteiger partial charge in [-0.3, -0.25) is 0 Å². The zero-order valence-electron chi connectivity index (χ0n) is 11.0. The molecule has 0 amide bonds. The predicted octanol–water partition coefficient (Wildman–Crippen LogP) is 0.729. The van der Waals surface area contributed by atoms with Crippen LogP contribution in [0, 0.1) is 11.6 Å². The van der Waals surface area contributed by atoms with E-state index in [2.05, 4.69) is 0 Å². The van der Waals surface area contributed by atoms with Gasteiger partial charge in [0.25, 0.3) is 0 Å². The van der Waals surface area contributed by atoms with Gasteiger partial charge in [0.1, 0.15) is 16.5 Å². The van der Waals surface area contributed by atoms with Crippen molar-refractivity contribution in [2.24, 2.45) is 0 Å². The molecule has 0 radical (unpaired) electrons. The first-order chi connectivity index (χ1) is 8.66. The van der Waals surface area contributed by atoms with E-state index in [-0.39, 0.29) is 6.54 Å². The van der Waals surface area contributed by atoms with E-state index in [1.165, 1.54) is 7.05 Å². The van der Waals surface area contributed by atoms with Gasteiger partial charge in [0.15, 0.2) is 0 Å². The Morgan fingerprint density at radius 2 is 1.68 bits per heavy atom. The molecule has 2 N–H and O–H groups in total. The number of nitrogen functional groups attached to an aromatic ring is 1. The predicted molar refractivity (Wildman–Crippen MR) is 69.1 cm³/mol. The quantitative estimate of drug-likeness (QED) is 0.813. The molecule has 19 heavy (non-hydrogen) atoms. The Morgan fingerprint density at radius 3 is 2.21 bits per heavy atom. The lowest BCUT2D eigenvalue weighted by atomic mass is 10.3. The van der Waals surface area contributed by atoms with Crippen LogP contribution in [0.5, 0.6) is 0 Å². The molecule has 0 spiro atoms. The van der Waals surface area contributed by atoms with Gasteiger partial charge in [0.2, 0.25) is 10.0 Å². The summed E-state index contributed by atoms with van der Waals surface area (Å²) in [6.45, 7) is 0.667. The van der Waals surface area contributed by atoms with Crippen molar-refractivity contribution in [2.75, 3.05) is 40.0 Å². The first-order valence-electron chi connectivity index (χ1n) is 5.52. The molecular formula is C11H17F2N3O2S. The van der Waals surface area contributed by atoms with E-state index in [4.69, 9.17) is 5.73 Å². The number of nitrogens with zero attached hydrogens (tertiary/aromatic N) is 2. The van der Waals surface area contributed by atoms with E-state index in [0.29, 0.717) is 12.6 Å². The Balaban J connectivity index is 3.10. The van der Waals surface area contributed by atoms with Crippen molar-refractivity contribution in [2.45, 2.75) is 4.90 Å². The Hall–Kier alpha value is -1.25. The third-order valence-electron chi connectivity index (χ3n) is 2.60. The molecule has 1 rings (SSSR count). The van der Waals surface area contributed by atoms with E-state index < -0.39 is 32.2 Å². The Bertz CT molecular complexity index is 561. The van der Waals surface area contributed by atoms with Gasteiger partial charge in [0, 0.05) is 26.2 Å². The second kappa shape index (κ2) is 5.81. The SMILES string of the molecule is CN(C)CCN(C)S(=O)(=O)c1cc(N)c(F)cc1F. The maximum absolute atomic E-state index is 13.6. The molecule has 108 valence electrons. The van der Waals surface area contributed by atoms with E-state index in [1.54, 1.807) is 19.0 Å². The summed E-state index contributed by atoms with van der Waals surface area (Å²) in [4.78, 5) is 1.18. The van der Waals surface area contributed by atoms with Gasteiger partial charge in [-0.1, -0.05) is 0 Å². The number of benzene rings is 1. The second-order valence-corrected chi connectivity index (χ2v) is 6.45. The normalized spacial score (nSPS) is 12.4. The average Bonchev–Trinajstić information content (AvgIpc) is 2.30. The maximum Gasteiger partial charge on any atom is 0.245 e. The fourth-order valence-corrected chi connectivity index (χ4v) is 2.61. The van der Waals surface area contributed by atoms with Crippen LogP contribution in [-0.2, 0) is 10.0 Å². The van der Waals surface area contributed by atoms with Gasteiger partial charge in [-0.2, -0.15) is 4.31 Å². The first kappa shape index (κ1) is 15.8. The number of sulfonamides is 1. The lowest BCUT2D eigenvalue weighted by Crippen LogP contribution is -2.34. The summed E-state index contributed by atoms with van der Waals surface area (Å²) in [5.74, 6) is -2.13. The minimum atomic E-state index is -4.02. The molecule has 0 bridgehead atoms. The van der Waals surface area contributed by atoms with Crippen LogP contribution >= 0.6 is 0 Å². The highest BCUT2D eigenvalue weighted by Crippen LogP contribution is 2.23. The topological polar surface area (TPSA) is 66.6 Å². The molecule has 0 atom stereocenters. The van der Waals surface area contributed by atoms with Crippen LogP contribution in [0.4, 0.5) is 14.5 Å². The van der Waals surface area contributed by atoms with E-state index in [9.17, 15) is 17.2 Å². The van der Waals surface area contributed by atoms with E-state index in [0.717, 1.165) is 10.4 Å². The van der Waals surface area contributed by atoms with Crippen molar-refractivity contribution in [3.05, 3.63) is 23.8 Å². The van der Waals surface area contributed by atoms with Crippen LogP contribution < -0.4 is 5.73 Å². The molecule has 0 unspecified atom stereocenters. The molecule has 0 heterocycles. The molecule has 0 fully saturated rings. The third kappa shape index (κ3) is 3.62. The van der Waals surface area contributed by atoms with E-state index >= 15 is 0 Å². The van der Waals surface area contributed by atoms with Crippen molar-refractivity contribution in [3.63, 3.8) is 0 Å². The lowest BCUT2D eigenvalue weighted by molar-refractivity contribution is 0.357. The molecule has 0 saturated carbocycles. The molecule has 0 aliphatic carbocycles. The number of likely N-dealkylation sites (N-methyl/N-ethyl adjacent to an activating group) is 2. The molecular weight excluding hydrogens is 276 g/mol. The summed E-state index contributed by atoms with van der Waals surface area (Å²) >= 11 is 0. The van der Waals surface area contributed by atoms with Gasteiger partial charge in [-0.15, -0.1) is 0 Å². The molecule has 5 nitrogen and oxygen atoms in total. The zero-order valence-corrected chi connectivity index (χ0v) is 11.8. The number of nitrogens with two attached hydrogens (primary N) is 1. The molecule has 0 saturated heterocycles. The molecule has 8 heteroatoms. The van der Waals surface area contributed by atoms with Gasteiger partial charge in [0.05, 0.1) is 5.69 Å². The van der Waals surface area contributed by atoms with Crippen LogP contribution in [0.3, 0.4) is 0 Å². The summed E-state index contributed by atoms with van der Waals surface area (Å²) in [6, 6.07) is 1.27. The summed E-state index contributed by atoms with van der Waals surface area (Å²) in [6.07, 6.45) is 0. The average molecular weight is 293 g/mol. The molecule has 0 aliphatic heterocycles. The third-order valence-corrected chi connectivity index (χ3v) is 4.47. The molecule has 0 aromatic heterocycles. The van der Waals surface area contributed by atoms with Crippen LogP contribution in [-0.4, -0.2) is 51.9 Å². The van der Waals surface area contributed by atoms with Crippen LogP contribution in [0.2, 0.25) is 0 Å². The maximum atomic E-state index is 13.6. The van der Waals surface area contributed by atoms with Gasteiger partial charge >= 0.3 is 0 Å². The van der Waals surface area contributed by atoms with Crippen molar-refractivity contribution in [1.82, 2.24) is 9.21 Å². The van der Waals surface area contributed by atoms with Crippen LogP contribution in [0.15, 0.2) is 17.0 Å². The largest absolute Gasteiger partial charge is 0.396 e. The number of halogens is 2. The van der Waals surface area contributed by atoms with Gasteiger partial charge in [-0.05, 0) is 20.2 Å². The molecule has 1 aromatic rings. The second-order valence-electron chi connectivity index (χ2n) is 4.43. The number of hydrogen-bond donors (Lipinski definition) is 1. The number of rotatable bonds is 5. The minimum absolute atomic E-state index is 0.187. The van der Waals surface area contributed by atoms with Gasteiger partial charge in [-0.25, -0.2) is 17.2 Å². The van der Waals surface area contributed by atoms with Crippen LogP contribution in [0.1, 0.15) is 0 Å². The fourth-order valence-electron chi connectivity index (χ4n) is 1.37. The fraction of sp³-hybridized carbons (Fsp3) is 0.455. The summed E-state index contributed by atoms with van der Waals surface area (Å²) in [5, 5.41) is 0. The highest BCUT2D eigenvalue weighted by atomic mass is 32.2.